The molecule has 4 amide bonds. The summed E-state index contributed by atoms with van der Waals surface area (Å²) in [5.74, 6) is -1.54. The lowest BCUT2D eigenvalue weighted by Gasteiger charge is -2.38. The van der Waals surface area contributed by atoms with E-state index in [1.807, 2.05) is 0 Å². The van der Waals surface area contributed by atoms with E-state index in [9.17, 15) is 18.8 Å². The van der Waals surface area contributed by atoms with Crippen LogP contribution in [0.4, 0.5) is 14.9 Å². The summed E-state index contributed by atoms with van der Waals surface area (Å²) in [7, 11) is 0. The van der Waals surface area contributed by atoms with E-state index in [2.05, 4.69) is 5.32 Å². The number of hydrogen-bond acceptors (Lipinski definition) is 3. The Balaban J connectivity index is 1.58. The lowest BCUT2D eigenvalue weighted by atomic mass is 10.1. The predicted molar refractivity (Wildman–Crippen MR) is 79.9 cm³/mol. The summed E-state index contributed by atoms with van der Waals surface area (Å²) >= 11 is 0. The molecular weight excluding hydrogens is 303 g/mol. The van der Waals surface area contributed by atoms with Crippen LogP contribution in [0.1, 0.15) is 6.42 Å². The second-order valence-electron chi connectivity index (χ2n) is 5.81. The number of halogens is 1. The number of hydrogen-bond donors (Lipinski definition) is 2. The molecular formula is C15H17FN4O3. The van der Waals surface area contributed by atoms with E-state index in [1.54, 1.807) is 12.1 Å². The average molecular weight is 320 g/mol. The molecule has 1 aromatic rings. The number of carbonyl (C=O) groups excluding carboxylic acids is 3. The first kappa shape index (κ1) is 15.3. The lowest BCUT2D eigenvalue weighted by molar-refractivity contribution is -0.127. The molecule has 3 N–H and O–H groups in total. The molecule has 8 heteroatoms. The number of nitrogens with zero attached hydrogens (tertiary/aromatic N) is 2. The Labute approximate surface area is 132 Å². The van der Waals surface area contributed by atoms with Crippen molar-refractivity contribution in [3.05, 3.63) is 30.1 Å². The van der Waals surface area contributed by atoms with Crippen molar-refractivity contribution in [2.75, 3.05) is 24.5 Å². The fourth-order valence-corrected chi connectivity index (χ4v) is 2.86. The zero-order valence-electron chi connectivity index (χ0n) is 12.4. The van der Waals surface area contributed by atoms with Crippen LogP contribution < -0.4 is 16.0 Å². The monoisotopic (exact) mass is 320 g/mol. The Morgan fingerprint density at radius 1 is 1.22 bits per heavy atom. The largest absolute Gasteiger partial charge is 0.351 e. The molecule has 0 aromatic heterocycles. The third kappa shape index (κ3) is 2.96. The van der Waals surface area contributed by atoms with Gasteiger partial charge < -0.3 is 20.9 Å². The van der Waals surface area contributed by atoms with Crippen molar-refractivity contribution in [2.24, 2.45) is 11.7 Å². The molecule has 122 valence electrons. The maximum Gasteiger partial charge on any atom is 0.314 e. The number of likely N-dealkylation sites (tertiary alicyclic amines) is 1. The predicted octanol–water partition coefficient (Wildman–Crippen LogP) is 0.0577. The molecule has 1 aromatic carbocycles. The molecule has 2 aliphatic rings. The van der Waals surface area contributed by atoms with Crippen molar-refractivity contribution in [1.82, 2.24) is 10.2 Å². The number of primary amides is 1. The topological polar surface area (TPSA) is 95.7 Å². The Kier molecular flexibility index (Phi) is 3.89. The lowest BCUT2D eigenvalue weighted by Crippen LogP contribution is -2.62. The van der Waals surface area contributed by atoms with Gasteiger partial charge in [-0.15, -0.1) is 0 Å². The number of amides is 4. The standard InChI is InChI=1S/C15H17FN4O3/c16-11-3-1-2-4-12(11)20-6-9(5-13(20)21)14(22)18-10-7-19(8-10)15(17)23/h1-4,9-10H,5-8H2,(H2,17,23)(H,18,22). The molecule has 1 unspecified atom stereocenters. The number of urea groups is 1. The normalized spacial score (nSPS) is 21.3. The first-order valence-electron chi connectivity index (χ1n) is 7.35. The summed E-state index contributed by atoms with van der Waals surface area (Å²) in [6.45, 7) is 0.898. The van der Waals surface area contributed by atoms with Crippen molar-refractivity contribution < 1.29 is 18.8 Å². The van der Waals surface area contributed by atoms with Crippen LogP contribution in [-0.4, -0.2) is 48.4 Å². The minimum atomic E-state index is -0.523. The third-order valence-electron chi connectivity index (χ3n) is 4.18. The highest BCUT2D eigenvalue weighted by atomic mass is 19.1. The van der Waals surface area contributed by atoms with E-state index >= 15 is 0 Å². The highest BCUT2D eigenvalue weighted by molar-refractivity contribution is 6.00. The number of nitrogens with one attached hydrogen (secondary N) is 1. The molecule has 2 saturated heterocycles. The van der Waals surface area contributed by atoms with Crippen LogP contribution in [0.3, 0.4) is 0 Å². The third-order valence-corrected chi connectivity index (χ3v) is 4.18. The van der Waals surface area contributed by atoms with Crippen LogP contribution in [0.5, 0.6) is 0 Å². The van der Waals surface area contributed by atoms with Gasteiger partial charge in [-0.25, -0.2) is 9.18 Å². The van der Waals surface area contributed by atoms with Crippen LogP contribution >= 0.6 is 0 Å². The molecule has 1 atom stereocenters. The Morgan fingerprint density at radius 2 is 1.91 bits per heavy atom. The molecule has 3 rings (SSSR count). The van der Waals surface area contributed by atoms with Gasteiger partial charge >= 0.3 is 6.03 Å². The van der Waals surface area contributed by atoms with Crippen molar-refractivity contribution in [2.45, 2.75) is 12.5 Å². The second-order valence-corrected chi connectivity index (χ2v) is 5.81. The van der Waals surface area contributed by atoms with E-state index in [0.717, 1.165) is 0 Å². The number of nitrogens with two attached hydrogens (primary N) is 1. The molecule has 2 heterocycles. The summed E-state index contributed by atoms with van der Waals surface area (Å²) in [5, 5.41) is 2.79. The van der Waals surface area contributed by atoms with E-state index < -0.39 is 17.8 Å². The van der Waals surface area contributed by atoms with Gasteiger partial charge in [0.1, 0.15) is 5.82 Å². The minimum Gasteiger partial charge on any atom is -0.351 e. The van der Waals surface area contributed by atoms with Gasteiger partial charge in [0.05, 0.1) is 17.6 Å². The smallest absolute Gasteiger partial charge is 0.314 e. The summed E-state index contributed by atoms with van der Waals surface area (Å²) in [6.07, 6.45) is 0.0480. The maximum atomic E-state index is 13.8. The highest BCUT2D eigenvalue weighted by Gasteiger charge is 2.38. The molecule has 23 heavy (non-hydrogen) atoms. The maximum absolute atomic E-state index is 13.8. The SMILES string of the molecule is NC(=O)N1CC(NC(=O)C2CC(=O)N(c3ccccc3F)C2)C1. The molecule has 2 aliphatic heterocycles. The number of rotatable bonds is 3. The number of carbonyl (C=O) groups is 3. The van der Waals surface area contributed by atoms with Crippen LogP contribution in [0, 0.1) is 11.7 Å². The van der Waals surface area contributed by atoms with Crippen molar-refractivity contribution in [1.29, 1.82) is 0 Å². The summed E-state index contributed by atoms with van der Waals surface area (Å²) in [5.41, 5.74) is 5.31. The molecule has 2 fully saturated rings. The fourth-order valence-electron chi connectivity index (χ4n) is 2.86. The first-order valence-corrected chi connectivity index (χ1v) is 7.35. The van der Waals surface area contributed by atoms with Gasteiger partial charge in [-0.2, -0.15) is 0 Å². The summed E-state index contributed by atoms with van der Waals surface area (Å²) < 4.78 is 13.8. The van der Waals surface area contributed by atoms with Crippen LogP contribution in [-0.2, 0) is 9.59 Å². The van der Waals surface area contributed by atoms with Gasteiger partial charge in [0.2, 0.25) is 11.8 Å². The van der Waals surface area contributed by atoms with Gasteiger partial charge in [-0.05, 0) is 12.1 Å². The number of benzene rings is 1. The van der Waals surface area contributed by atoms with Gasteiger partial charge in [-0.1, -0.05) is 12.1 Å². The van der Waals surface area contributed by atoms with Crippen LogP contribution in [0.15, 0.2) is 24.3 Å². The van der Waals surface area contributed by atoms with E-state index in [4.69, 9.17) is 5.73 Å². The average Bonchev–Trinajstić information content (AvgIpc) is 2.84. The van der Waals surface area contributed by atoms with E-state index in [0.29, 0.717) is 13.1 Å². The molecule has 0 radical (unpaired) electrons. The highest BCUT2D eigenvalue weighted by Crippen LogP contribution is 2.27. The summed E-state index contributed by atoms with van der Waals surface area (Å²) in [4.78, 5) is 37.9. The molecule has 0 spiro atoms. The first-order chi connectivity index (χ1) is 11.0. The van der Waals surface area contributed by atoms with Gasteiger partial charge in [0, 0.05) is 26.1 Å². The number of para-hydroxylation sites is 1. The van der Waals surface area contributed by atoms with Crippen LogP contribution in [0.2, 0.25) is 0 Å². The zero-order valence-corrected chi connectivity index (χ0v) is 12.4. The van der Waals surface area contributed by atoms with Gasteiger partial charge in [-0.3, -0.25) is 9.59 Å². The van der Waals surface area contributed by atoms with E-state index in [1.165, 1.54) is 21.9 Å². The molecule has 0 bridgehead atoms. The Bertz CT molecular complexity index is 660. The quantitative estimate of drug-likeness (QED) is 0.824. The van der Waals surface area contributed by atoms with Gasteiger partial charge in [0.15, 0.2) is 0 Å². The fraction of sp³-hybridized carbons (Fsp3) is 0.400. The van der Waals surface area contributed by atoms with Crippen LogP contribution in [0.25, 0.3) is 0 Å². The van der Waals surface area contributed by atoms with Gasteiger partial charge in [0.25, 0.3) is 0 Å². The Hall–Kier alpha value is -2.64. The van der Waals surface area contributed by atoms with Crippen molar-refractivity contribution in [3.8, 4) is 0 Å². The molecule has 0 saturated carbocycles. The summed E-state index contributed by atoms with van der Waals surface area (Å²) in [6, 6.07) is 5.33. The zero-order chi connectivity index (χ0) is 16.6. The second kappa shape index (κ2) is 5.86. The Morgan fingerprint density at radius 3 is 2.57 bits per heavy atom. The minimum absolute atomic E-state index is 0.0480. The molecule has 7 nitrogen and oxygen atoms in total. The van der Waals surface area contributed by atoms with Crippen molar-refractivity contribution >= 4 is 23.5 Å². The number of anilines is 1. The van der Waals surface area contributed by atoms with E-state index in [-0.39, 0.29) is 36.5 Å². The van der Waals surface area contributed by atoms with Crippen molar-refractivity contribution in [3.63, 3.8) is 0 Å². The molecule has 0 aliphatic carbocycles.